The van der Waals surface area contributed by atoms with E-state index in [1.165, 1.54) is 19.8 Å². The summed E-state index contributed by atoms with van der Waals surface area (Å²) in [6, 6.07) is 12.1. The van der Waals surface area contributed by atoms with Crippen molar-refractivity contribution in [1.29, 1.82) is 0 Å². The largest absolute Gasteiger partial charge is 0.352 e. The molecule has 2 heterocycles. The van der Waals surface area contributed by atoms with Gasteiger partial charge in [0, 0.05) is 37.8 Å². The molecule has 28 heavy (non-hydrogen) atoms. The number of aromatic nitrogens is 1. The molecule has 148 valence electrons. The van der Waals surface area contributed by atoms with E-state index < -0.39 is 0 Å². The topological polar surface area (TPSA) is 74.3 Å². The van der Waals surface area contributed by atoms with E-state index in [9.17, 15) is 9.59 Å². The van der Waals surface area contributed by atoms with Crippen LogP contribution in [-0.4, -0.2) is 47.9 Å². The fraction of sp³-hybridized carbons (Fsp3) is 0.409. The molecule has 0 spiro atoms. The highest BCUT2D eigenvalue weighted by atomic mass is 16.2. The number of nitrogens with zero attached hydrogens (tertiary/aromatic N) is 2. The van der Waals surface area contributed by atoms with Gasteiger partial charge >= 0.3 is 0 Å². The van der Waals surface area contributed by atoms with E-state index in [1.54, 1.807) is 6.20 Å². The zero-order valence-corrected chi connectivity index (χ0v) is 16.6. The molecule has 6 heteroatoms. The summed E-state index contributed by atoms with van der Waals surface area (Å²) >= 11 is 0. The normalized spacial score (nSPS) is 16.7. The van der Waals surface area contributed by atoms with Crippen LogP contribution in [0.4, 0.5) is 0 Å². The molecular formula is C22H28N4O2. The van der Waals surface area contributed by atoms with Crippen molar-refractivity contribution in [2.24, 2.45) is 0 Å². The number of carbonyl (C=O) groups is 2. The summed E-state index contributed by atoms with van der Waals surface area (Å²) in [5.74, 6) is -0.219. The fourth-order valence-corrected chi connectivity index (χ4v) is 3.67. The molecule has 1 unspecified atom stereocenters. The zero-order valence-electron chi connectivity index (χ0n) is 16.6. The first kappa shape index (κ1) is 20.0. The lowest BCUT2D eigenvalue weighted by atomic mass is 10.0. The SMILES string of the molecule is CC(=O)NCc1cccc(-c2cccnc2C(=O)NCCC2CCCN2C)c1. The first-order chi connectivity index (χ1) is 13.5. The van der Waals surface area contributed by atoms with E-state index in [1.807, 2.05) is 36.4 Å². The van der Waals surface area contributed by atoms with Crippen LogP contribution in [0.1, 0.15) is 42.2 Å². The van der Waals surface area contributed by atoms with Crippen molar-refractivity contribution in [2.75, 3.05) is 20.1 Å². The van der Waals surface area contributed by atoms with Crippen LogP contribution in [0.5, 0.6) is 0 Å². The summed E-state index contributed by atoms with van der Waals surface area (Å²) in [5, 5.41) is 5.82. The van der Waals surface area contributed by atoms with E-state index in [2.05, 4.69) is 27.6 Å². The number of pyridine rings is 1. The Morgan fingerprint density at radius 3 is 2.82 bits per heavy atom. The Labute approximate surface area is 166 Å². The second kappa shape index (κ2) is 9.46. The minimum Gasteiger partial charge on any atom is -0.352 e. The maximum atomic E-state index is 12.7. The summed E-state index contributed by atoms with van der Waals surface area (Å²) in [6.07, 6.45) is 5.03. The van der Waals surface area contributed by atoms with Crippen molar-refractivity contribution >= 4 is 11.8 Å². The predicted octanol–water partition coefficient (Wildman–Crippen LogP) is 2.60. The summed E-state index contributed by atoms with van der Waals surface area (Å²) in [5.41, 5.74) is 3.12. The molecule has 1 aromatic carbocycles. The zero-order chi connectivity index (χ0) is 19.9. The van der Waals surface area contributed by atoms with E-state index >= 15 is 0 Å². The van der Waals surface area contributed by atoms with Gasteiger partial charge in [0.05, 0.1) is 0 Å². The molecule has 2 N–H and O–H groups in total. The molecular weight excluding hydrogens is 352 g/mol. The van der Waals surface area contributed by atoms with Crippen molar-refractivity contribution in [3.05, 3.63) is 53.9 Å². The van der Waals surface area contributed by atoms with E-state index in [0.29, 0.717) is 24.8 Å². The predicted molar refractivity (Wildman–Crippen MR) is 110 cm³/mol. The molecule has 6 nitrogen and oxygen atoms in total. The molecule has 1 atom stereocenters. The number of hydrogen-bond acceptors (Lipinski definition) is 4. The van der Waals surface area contributed by atoms with E-state index in [0.717, 1.165) is 29.7 Å². The minimum atomic E-state index is -0.150. The number of amides is 2. The quantitative estimate of drug-likeness (QED) is 0.774. The van der Waals surface area contributed by atoms with Crippen LogP contribution >= 0.6 is 0 Å². The van der Waals surface area contributed by atoms with Gasteiger partial charge in [-0.25, -0.2) is 0 Å². The average molecular weight is 380 g/mol. The van der Waals surface area contributed by atoms with Gasteiger partial charge in [0.25, 0.3) is 5.91 Å². The lowest BCUT2D eigenvalue weighted by Gasteiger charge is -2.19. The molecule has 2 aromatic rings. The Bertz CT molecular complexity index is 837. The second-order valence-corrected chi connectivity index (χ2v) is 7.33. The van der Waals surface area contributed by atoms with Crippen LogP contribution in [-0.2, 0) is 11.3 Å². The number of hydrogen-bond donors (Lipinski definition) is 2. The van der Waals surface area contributed by atoms with Crippen molar-refractivity contribution in [2.45, 2.75) is 38.8 Å². The standard InChI is InChI=1S/C22H28N4O2/c1-16(27)25-15-17-6-3-7-18(14-17)20-9-4-11-23-21(20)22(28)24-12-10-19-8-5-13-26(19)2/h3-4,6-7,9,11,14,19H,5,8,10,12-13,15H2,1-2H3,(H,24,28)(H,25,27). The molecule has 0 bridgehead atoms. The lowest BCUT2D eigenvalue weighted by molar-refractivity contribution is -0.119. The average Bonchev–Trinajstić information content (AvgIpc) is 3.11. The lowest BCUT2D eigenvalue weighted by Crippen LogP contribution is -2.32. The van der Waals surface area contributed by atoms with Gasteiger partial charge in [-0.2, -0.15) is 0 Å². The van der Waals surface area contributed by atoms with Gasteiger partial charge in [-0.15, -0.1) is 0 Å². The number of likely N-dealkylation sites (tertiary alicyclic amines) is 1. The van der Waals surface area contributed by atoms with Crippen LogP contribution in [0.2, 0.25) is 0 Å². The molecule has 1 aliphatic heterocycles. The van der Waals surface area contributed by atoms with Crippen LogP contribution in [0.15, 0.2) is 42.6 Å². The fourth-order valence-electron chi connectivity index (χ4n) is 3.67. The van der Waals surface area contributed by atoms with Gasteiger partial charge in [0.1, 0.15) is 5.69 Å². The van der Waals surface area contributed by atoms with Gasteiger partial charge in [-0.3, -0.25) is 14.6 Å². The Hall–Kier alpha value is -2.73. The Morgan fingerprint density at radius 2 is 2.07 bits per heavy atom. The Balaban J connectivity index is 1.69. The molecule has 0 aliphatic carbocycles. The van der Waals surface area contributed by atoms with E-state index in [4.69, 9.17) is 0 Å². The van der Waals surface area contributed by atoms with Crippen molar-refractivity contribution < 1.29 is 9.59 Å². The summed E-state index contributed by atoms with van der Waals surface area (Å²) in [6.45, 7) is 3.74. The number of benzene rings is 1. The molecule has 2 amide bonds. The number of nitrogens with one attached hydrogen (secondary N) is 2. The molecule has 1 aromatic heterocycles. The van der Waals surface area contributed by atoms with Gasteiger partial charge in [-0.05, 0) is 56.1 Å². The molecule has 3 rings (SSSR count). The summed E-state index contributed by atoms with van der Waals surface area (Å²) in [7, 11) is 2.14. The van der Waals surface area contributed by atoms with Crippen LogP contribution in [0.3, 0.4) is 0 Å². The Morgan fingerprint density at radius 1 is 1.21 bits per heavy atom. The van der Waals surface area contributed by atoms with Crippen LogP contribution < -0.4 is 10.6 Å². The molecule has 0 saturated carbocycles. The summed E-state index contributed by atoms with van der Waals surface area (Å²) in [4.78, 5) is 30.6. The third kappa shape index (κ3) is 5.16. The van der Waals surface area contributed by atoms with Gasteiger partial charge < -0.3 is 15.5 Å². The van der Waals surface area contributed by atoms with Gasteiger partial charge in [0.2, 0.25) is 5.91 Å². The third-order valence-corrected chi connectivity index (χ3v) is 5.24. The third-order valence-electron chi connectivity index (χ3n) is 5.24. The van der Waals surface area contributed by atoms with Gasteiger partial charge in [0.15, 0.2) is 0 Å². The first-order valence-electron chi connectivity index (χ1n) is 9.82. The highest BCUT2D eigenvalue weighted by Crippen LogP contribution is 2.23. The van der Waals surface area contributed by atoms with E-state index in [-0.39, 0.29) is 11.8 Å². The first-order valence-corrected chi connectivity index (χ1v) is 9.82. The maximum Gasteiger partial charge on any atom is 0.270 e. The molecule has 1 fully saturated rings. The van der Waals surface area contributed by atoms with Crippen LogP contribution in [0.25, 0.3) is 11.1 Å². The highest BCUT2D eigenvalue weighted by molar-refractivity contribution is 5.98. The summed E-state index contributed by atoms with van der Waals surface area (Å²) < 4.78 is 0. The van der Waals surface area contributed by atoms with Crippen LogP contribution in [0, 0.1) is 0 Å². The number of rotatable bonds is 7. The minimum absolute atomic E-state index is 0.0697. The Kier molecular flexibility index (Phi) is 6.76. The maximum absolute atomic E-state index is 12.7. The van der Waals surface area contributed by atoms with Crippen molar-refractivity contribution in [3.8, 4) is 11.1 Å². The molecule has 0 radical (unpaired) electrons. The molecule has 1 saturated heterocycles. The van der Waals surface area contributed by atoms with Crippen molar-refractivity contribution in [1.82, 2.24) is 20.5 Å². The smallest absolute Gasteiger partial charge is 0.270 e. The molecule has 1 aliphatic rings. The second-order valence-electron chi connectivity index (χ2n) is 7.33. The van der Waals surface area contributed by atoms with Crippen molar-refractivity contribution in [3.63, 3.8) is 0 Å². The monoisotopic (exact) mass is 380 g/mol. The highest BCUT2D eigenvalue weighted by Gasteiger charge is 2.21. The van der Waals surface area contributed by atoms with Gasteiger partial charge in [-0.1, -0.05) is 24.3 Å². The number of carbonyl (C=O) groups excluding carboxylic acids is 2.